The molecule has 4 rings (SSSR count). The molecule has 0 spiro atoms. The van der Waals surface area contributed by atoms with E-state index in [1.54, 1.807) is 30.2 Å². The number of nitrogens with one attached hydrogen (secondary N) is 1. The molecule has 0 aliphatic carbocycles. The van der Waals surface area contributed by atoms with Crippen molar-refractivity contribution in [2.75, 3.05) is 19.6 Å². The maximum Gasteiger partial charge on any atom is 0.256 e. The number of unbranched alkanes of at least 4 members (excludes halogenated alkanes) is 4. The van der Waals surface area contributed by atoms with Gasteiger partial charge in [0.15, 0.2) is 0 Å². The van der Waals surface area contributed by atoms with Crippen LogP contribution in [0.25, 0.3) is 10.9 Å². The van der Waals surface area contributed by atoms with Crippen molar-refractivity contribution in [1.82, 2.24) is 20.1 Å². The second-order valence-corrected chi connectivity index (χ2v) is 12.3. The number of rotatable bonds is 17. The Labute approximate surface area is 278 Å². The zero-order valence-corrected chi connectivity index (χ0v) is 28.0. The summed E-state index contributed by atoms with van der Waals surface area (Å²) in [4.78, 5) is 60.1. The van der Waals surface area contributed by atoms with E-state index in [0.29, 0.717) is 30.8 Å². The first kappa shape index (κ1) is 35.4. The van der Waals surface area contributed by atoms with Crippen molar-refractivity contribution >= 4 is 34.5 Å². The molecule has 10 heteroatoms. The quantitative estimate of drug-likeness (QED) is 0.198. The lowest BCUT2D eigenvalue weighted by molar-refractivity contribution is -0.135. The molecule has 0 radical (unpaired) electrons. The van der Waals surface area contributed by atoms with Gasteiger partial charge in [-0.2, -0.15) is 0 Å². The summed E-state index contributed by atoms with van der Waals surface area (Å²) in [5.41, 5.74) is 7.57. The molecule has 3 atom stereocenters. The maximum absolute atomic E-state index is 14.2. The average molecular weight is 644 g/mol. The van der Waals surface area contributed by atoms with Crippen LogP contribution >= 0.6 is 0 Å². The zero-order valence-electron chi connectivity index (χ0n) is 28.0. The third-order valence-electron chi connectivity index (χ3n) is 8.69. The lowest BCUT2D eigenvalue weighted by Gasteiger charge is -2.30. The molecule has 0 saturated carbocycles. The minimum atomic E-state index is -0.808. The van der Waals surface area contributed by atoms with Crippen LogP contribution in [0.1, 0.15) is 88.1 Å². The van der Waals surface area contributed by atoms with Gasteiger partial charge in [0.05, 0.1) is 17.6 Å². The van der Waals surface area contributed by atoms with Crippen LogP contribution in [-0.2, 0) is 20.8 Å². The Morgan fingerprint density at radius 3 is 2.30 bits per heavy atom. The van der Waals surface area contributed by atoms with Crippen LogP contribution in [0.2, 0.25) is 0 Å². The normalized spacial score (nSPS) is 16.5. The Morgan fingerprint density at radius 2 is 1.66 bits per heavy atom. The molecule has 1 saturated heterocycles. The van der Waals surface area contributed by atoms with Crippen molar-refractivity contribution < 1.29 is 23.9 Å². The summed E-state index contributed by atoms with van der Waals surface area (Å²) in [5, 5.41) is 3.52. The number of likely N-dealkylation sites (tertiary alicyclic amines) is 1. The van der Waals surface area contributed by atoms with E-state index in [9.17, 15) is 19.2 Å². The van der Waals surface area contributed by atoms with Crippen molar-refractivity contribution in [3.8, 4) is 5.75 Å². The number of hydrogen-bond donors (Lipinski definition) is 2. The summed E-state index contributed by atoms with van der Waals surface area (Å²) in [5.74, 6) is -0.530. The van der Waals surface area contributed by atoms with Gasteiger partial charge < -0.3 is 25.6 Å². The average Bonchev–Trinajstić information content (AvgIpc) is 3.50. The van der Waals surface area contributed by atoms with Gasteiger partial charge in [0.25, 0.3) is 5.91 Å². The number of nitrogens with two attached hydrogens (primary N) is 1. The Bertz CT molecular complexity index is 1500. The first-order chi connectivity index (χ1) is 22.7. The molecule has 1 aromatic heterocycles. The number of para-hydroxylation sites is 1. The van der Waals surface area contributed by atoms with Gasteiger partial charge in [-0.15, -0.1) is 0 Å². The van der Waals surface area contributed by atoms with E-state index in [2.05, 4.69) is 24.1 Å². The second-order valence-electron chi connectivity index (χ2n) is 12.3. The fourth-order valence-electron chi connectivity index (χ4n) is 5.99. The van der Waals surface area contributed by atoms with Gasteiger partial charge in [0.1, 0.15) is 23.9 Å². The van der Waals surface area contributed by atoms with Crippen molar-refractivity contribution in [3.05, 3.63) is 71.9 Å². The molecule has 0 bridgehead atoms. The van der Waals surface area contributed by atoms with Crippen molar-refractivity contribution in [1.29, 1.82) is 0 Å². The van der Waals surface area contributed by atoms with Gasteiger partial charge in [-0.1, -0.05) is 76.8 Å². The van der Waals surface area contributed by atoms with Crippen LogP contribution in [0, 0.1) is 0 Å². The lowest BCUT2D eigenvalue weighted by atomic mass is 10.0. The topological polar surface area (TPSA) is 135 Å². The molecule has 47 heavy (non-hydrogen) atoms. The summed E-state index contributed by atoms with van der Waals surface area (Å²) >= 11 is 0. The van der Waals surface area contributed by atoms with Gasteiger partial charge in [-0.3, -0.25) is 24.2 Å². The largest absolute Gasteiger partial charge is 0.488 e. The Hall–Kier alpha value is -4.47. The number of nitrogens with zero attached hydrogens (tertiary/aromatic N) is 3. The highest BCUT2D eigenvalue weighted by atomic mass is 16.5. The fourth-order valence-corrected chi connectivity index (χ4v) is 5.99. The Morgan fingerprint density at radius 1 is 0.979 bits per heavy atom. The summed E-state index contributed by atoms with van der Waals surface area (Å²) in [7, 11) is 0. The lowest BCUT2D eigenvalue weighted by Crippen LogP contribution is -2.48. The highest BCUT2D eigenvalue weighted by Crippen LogP contribution is 2.28. The first-order valence-corrected chi connectivity index (χ1v) is 17.0. The highest BCUT2D eigenvalue weighted by molar-refractivity contribution is 6.00. The van der Waals surface area contributed by atoms with Crippen molar-refractivity contribution in [2.45, 2.75) is 96.7 Å². The number of fused-ring (bicyclic) bond motifs is 1. The van der Waals surface area contributed by atoms with E-state index in [-0.39, 0.29) is 37.1 Å². The molecule has 3 N–H and O–H groups in total. The molecule has 2 heterocycles. The predicted octanol–water partition coefficient (Wildman–Crippen LogP) is 5.03. The molecule has 1 aliphatic heterocycles. The van der Waals surface area contributed by atoms with E-state index in [0.717, 1.165) is 55.0 Å². The maximum atomic E-state index is 14.2. The number of benzene rings is 2. The number of aromatic nitrogens is 1. The first-order valence-electron chi connectivity index (χ1n) is 17.0. The summed E-state index contributed by atoms with van der Waals surface area (Å²) in [6.45, 7) is 7.61. The number of carbonyl (C=O) groups excluding carboxylic acids is 4. The van der Waals surface area contributed by atoms with Crippen LogP contribution in [0.5, 0.6) is 5.75 Å². The van der Waals surface area contributed by atoms with Gasteiger partial charge in [-0.05, 0) is 42.7 Å². The second kappa shape index (κ2) is 17.4. The summed E-state index contributed by atoms with van der Waals surface area (Å²) < 4.78 is 6.37. The van der Waals surface area contributed by atoms with Crippen LogP contribution in [0.3, 0.4) is 0 Å². The Balaban J connectivity index is 1.54. The predicted molar refractivity (Wildman–Crippen MR) is 183 cm³/mol. The standard InChI is InChI=1S/C37H49N5O5/c1-4-7-11-19-41(20-12-8-5-2)37(46)33-23-30(25-42(33)36(45)28-22-27-13-9-10-14-31(27)39-24-28)47-29-17-15-26(16-18-29)21-32(35(38)44)40-34(43)6-3/h9-10,13-18,22,24,30,32-33H,4-8,11-12,19-21,23,25H2,1-3H3,(H2,38,44)(H,40,43)/t30-,32-,33-/m0/s1. The zero-order chi connectivity index (χ0) is 33.8. The fraction of sp³-hybridized carbons (Fsp3) is 0.486. The SMILES string of the molecule is CCCCCN(CCCCC)C(=O)[C@@H]1C[C@H](Oc2ccc(C[C@H](NC(=O)CC)C(N)=O)cc2)CN1C(=O)c1cnc2ccccc2c1. The molecule has 3 aromatic rings. The van der Waals surface area contributed by atoms with Crippen LogP contribution in [0.4, 0.5) is 0 Å². The number of hydrogen-bond acceptors (Lipinski definition) is 6. The molecule has 1 aliphatic rings. The van der Waals surface area contributed by atoms with Crippen LogP contribution < -0.4 is 15.8 Å². The minimum absolute atomic E-state index is 0.0348. The molecule has 1 fully saturated rings. The van der Waals surface area contributed by atoms with Crippen LogP contribution in [-0.4, -0.2) is 76.2 Å². The van der Waals surface area contributed by atoms with Gasteiger partial charge in [0.2, 0.25) is 17.7 Å². The monoisotopic (exact) mass is 643 g/mol. The van der Waals surface area contributed by atoms with Gasteiger partial charge in [-0.25, -0.2) is 0 Å². The summed E-state index contributed by atoms with van der Waals surface area (Å²) in [6, 6.07) is 15.3. The number of pyridine rings is 1. The van der Waals surface area contributed by atoms with Crippen molar-refractivity contribution in [2.24, 2.45) is 5.73 Å². The third kappa shape index (κ3) is 9.76. The Kier molecular flexibility index (Phi) is 13.1. The van der Waals surface area contributed by atoms with E-state index in [1.165, 1.54) is 0 Å². The van der Waals surface area contributed by atoms with E-state index in [1.807, 2.05) is 47.4 Å². The molecular formula is C37H49N5O5. The molecule has 4 amide bonds. The van der Waals surface area contributed by atoms with E-state index in [4.69, 9.17) is 10.5 Å². The van der Waals surface area contributed by atoms with E-state index >= 15 is 0 Å². The van der Waals surface area contributed by atoms with E-state index < -0.39 is 24.1 Å². The molecule has 2 aromatic carbocycles. The van der Waals surface area contributed by atoms with Gasteiger partial charge >= 0.3 is 0 Å². The third-order valence-corrected chi connectivity index (χ3v) is 8.69. The minimum Gasteiger partial charge on any atom is -0.488 e. The number of amides is 4. The molecule has 0 unspecified atom stereocenters. The number of primary amides is 1. The molecular weight excluding hydrogens is 594 g/mol. The van der Waals surface area contributed by atoms with Gasteiger partial charge in [0, 0.05) is 43.9 Å². The number of ether oxygens (including phenoxy) is 1. The smallest absolute Gasteiger partial charge is 0.256 e. The van der Waals surface area contributed by atoms with Crippen LogP contribution in [0.15, 0.2) is 60.8 Å². The molecule has 10 nitrogen and oxygen atoms in total. The number of carbonyl (C=O) groups is 4. The van der Waals surface area contributed by atoms with Crippen molar-refractivity contribution in [3.63, 3.8) is 0 Å². The highest BCUT2D eigenvalue weighted by Gasteiger charge is 2.42. The summed E-state index contributed by atoms with van der Waals surface area (Å²) in [6.07, 6.45) is 8.13. The molecule has 252 valence electrons.